The second-order valence-electron chi connectivity index (χ2n) is 8.03. The third-order valence-electron chi connectivity index (χ3n) is 6.02. The number of carbonyl (C=O) groups excluding carboxylic acids is 2. The van der Waals surface area contributed by atoms with Gasteiger partial charge in [0.2, 0.25) is 0 Å². The fourth-order valence-corrected chi connectivity index (χ4v) is 5.12. The first-order valence-electron chi connectivity index (χ1n) is 10.1. The number of hydrogen-bond donors (Lipinski definition) is 1. The highest BCUT2D eigenvalue weighted by molar-refractivity contribution is 7.17. The first-order valence-corrected chi connectivity index (χ1v) is 10.9. The molecule has 1 N–H and O–H groups in total. The number of anilines is 1. The van der Waals surface area contributed by atoms with Crippen molar-refractivity contribution in [3.8, 4) is 0 Å². The van der Waals surface area contributed by atoms with E-state index in [1.54, 1.807) is 19.1 Å². The van der Waals surface area contributed by atoms with Crippen LogP contribution in [0.15, 0.2) is 30.3 Å². The molecule has 0 saturated carbocycles. The summed E-state index contributed by atoms with van der Waals surface area (Å²) in [7, 11) is 0. The molecule has 0 fully saturated rings. The Morgan fingerprint density at radius 1 is 1.21 bits per heavy atom. The summed E-state index contributed by atoms with van der Waals surface area (Å²) in [6.45, 7) is 9.00. The van der Waals surface area contributed by atoms with Gasteiger partial charge in [-0.15, -0.1) is 11.3 Å². The molecule has 28 heavy (non-hydrogen) atoms. The maximum Gasteiger partial charge on any atom is 0.341 e. The molecule has 0 aliphatic heterocycles. The molecular formula is C23H29NO3S. The van der Waals surface area contributed by atoms with Gasteiger partial charge in [0.25, 0.3) is 5.91 Å². The van der Waals surface area contributed by atoms with Gasteiger partial charge in [0.05, 0.1) is 12.2 Å². The Morgan fingerprint density at radius 3 is 2.57 bits per heavy atom. The predicted octanol–water partition coefficient (Wildman–Crippen LogP) is 5.72. The summed E-state index contributed by atoms with van der Waals surface area (Å²) >= 11 is 1.54. The van der Waals surface area contributed by atoms with Crippen LogP contribution in [-0.4, -0.2) is 18.5 Å². The second kappa shape index (κ2) is 8.48. The molecule has 0 unspecified atom stereocenters. The van der Waals surface area contributed by atoms with Gasteiger partial charge in [0.1, 0.15) is 5.00 Å². The van der Waals surface area contributed by atoms with Crippen molar-refractivity contribution in [2.75, 3.05) is 11.9 Å². The number of esters is 1. The van der Waals surface area contributed by atoms with Gasteiger partial charge in [0.15, 0.2) is 0 Å². The van der Waals surface area contributed by atoms with Crippen molar-refractivity contribution in [1.82, 2.24) is 0 Å². The molecule has 1 aliphatic carbocycles. The summed E-state index contributed by atoms with van der Waals surface area (Å²) in [5.74, 6) is 0.0446. The number of nitrogens with one attached hydrogen (secondary N) is 1. The van der Waals surface area contributed by atoms with E-state index in [0.29, 0.717) is 28.7 Å². The molecule has 1 atom stereocenters. The van der Waals surface area contributed by atoms with E-state index in [1.807, 2.05) is 18.2 Å². The maximum atomic E-state index is 12.7. The second-order valence-corrected chi connectivity index (χ2v) is 9.14. The molecular weight excluding hydrogens is 370 g/mol. The Bertz CT molecular complexity index is 854. The van der Waals surface area contributed by atoms with E-state index in [9.17, 15) is 9.59 Å². The number of fused-ring (bicyclic) bond motifs is 1. The average molecular weight is 400 g/mol. The van der Waals surface area contributed by atoms with Crippen molar-refractivity contribution >= 4 is 28.2 Å². The van der Waals surface area contributed by atoms with Crippen LogP contribution in [0, 0.1) is 11.3 Å². The summed E-state index contributed by atoms with van der Waals surface area (Å²) in [6.07, 6.45) is 3.99. The van der Waals surface area contributed by atoms with Crippen molar-refractivity contribution in [3.05, 3.63) is 51.9 Å². The molecule has 0 bridgehead atoms. The Morgan fingerprint density at radius 2 is 1.93 bits per heavy atom. The maximum absolute atomic E-state index is 12.7. The van der Waals surface area contributed by atoms with E-state index in [-0.39, 0.29) is 17.3 Å². The highest BCUT2D eigenvalue weighted by Gasteiger charge is 2.35. The molecule has 150 valence electrons. The van der Waals surface area contributed by atoms with Crippen LogP contribution in [0.5, 0.6) is 0 Å². The van der Waals surface area contributed by atoms with E-state index < -0.39 is 0 Å². The van der Waals surface area contributed by atoms with Gasteiger partial charge in [-0.2, -0.15) is 0 Å². The number of rotatable bonds is 6. The summed E-state index contributed by atoms with van der Waals surface area (Å²) in [6, 6.07) is 9.08. The van der Waals surface area contributed by atoms with Gasteiger partial charge in [0, 0.05) is 10.4 Å². The topological polar surface area (TPSA) is 55.4 Å². The predicted molar refractivity (Wildman–Crippen MR) is 114 cm³/mol. The average Bonchev–Trinajstić information content (AvgIpc) is 3.05. The first-order chi connectivity index (χ1) is 13.4. The van der Waals surface area contributed by atoms with Crippen molar-refractivity contribution in [1.29, 1.82) is 0 Å². The van der Waals surface area contributed by atoms with Crippen LogP contribution in [0.2, 0.25) is 0 Å². The summed E-state index contributed by atoms with van der Waals surface area (Å²) in [5.41, 5.74) is 2.46. The van der Waals surface area contributed by atoms with Gasteiger partial charge < -0.3 is 10.1 Å². The smallest absolute Gasteiger partial charge is 0.341 e. The SMILES string of the molecule is CCOC(=O)c1c(NC(=O)c2ccccc2)sc2c1CC[C@H](C(C)(C)CC)C2. The summed E-state index contributed by atoms with van der Waals surface area (Å²) in [5, 5.41) is 3.59. The summed E-state index contributed by atoms with van der Waals surface area (Å²) in [4.78, 5) is 26.6. The molecule has 1 heterocycles. The Kier molecular flexibility index (Phi) is 6.23. The van der Waals surface area contributed by atoms with Crippen LogP contribution in [0.1, 0.15) is 71.7 Å². The van der Waals surface area contributed by atoms with Gasteiger partial charge in [-0.25, -0.2) is 4.79 Å². The number of benzene rings is 1. The van der Waals surface area contributed by atoms with Gasteiger partial charge in [-0.3, -0.25) is 4.79 Å². The molecule has 1 aromatic carbocycles. The Hall–Kier alpha value is -2.14. The van der Waals surface area contributed by atoms with Gasteiger partial charge in [-0.1, -0.05) is 45.4 Å². The molecule has 1 aromatic heterocycles. The van der Waals surface area contributed by atoms with Crippen LogP contribution < -0.4 is 5.32 Å². The molecule has 1 amide bonds. The third-order valence-corrected chi connectivity index (χ3v) is 7.19. The zero-order valence-electron chi connectivity index (χ0n) is 17.1. The Labute approximate surface area is 171 Å². The van der Waals surface area contributed by atoms with Gasteiger partial charge >= 0.3 is 5.97 Å². The largest absolute Gasteiger partial charge is 0.462 e. The monoisotopic (exact) mass is 399 g/mol. The van der Waals surface area contributed by atoms with Gasteiger partial charge in [-0.05, 0) is 55.2 Å². The van der Waals surface area contributed by atoms with Crippen LogP contribution in [0.3, 0.4) is 0 Å². The minimum Gasteiger partial charge on any atom is -0.462 e. The zero-order valence-corrected chi connectivity index (χ0v) is 17.9. The van der Waals surface area contributed by atoms with Crippen LogP contribution >= 0.6 is 11.3 Å². The fraction of sp³-hybridized carbons (Fsp3) is 0.478. The number of carbonyl (C=O) groups is 2. The van der Waals surface area contributed by atoms with Crippen LogP contribution in [0.25, 0.3) is 0 Å². The standard InChI is InChI=1S/C23H29NO3S/c1-5-23(3,4)16-12-13-17-18(14-16)28-21(19(17)22(26)27-6-2)24-20(25)15-10-8-7-9-11-15/h7-11,16H,5-6,12-14H2,1-4H3,(H,24,25)/t16-/m0/s1. The van der Waals surface area contributed by atoms with E-state index in [2.05, 4.69) is 26.1 Å². The molecule has 0 spiro atoms. The van der Waals surface area contributed by atoms with Crippen molar-refractivity contribution in [3.63, 3.8) is 0 Å². The van der Waals surface area contributed by atoms with Crippen molar-refractivity contribution < 1.29 is 14.3 Å². The lowest BCUT2D eigenvalue weighted by Gasteiger charge is -2.36. The molecule has 2 aromatic rings. The van der Waals surface area contributed by atoms with Crippen molar-refractivity contribution in [2.24, 2.45) is 11.3 Å². The molecule has 0 saturated heterocycles. The zero-order chi connectivity index (χ0) is 20.3. The van der Waals surface area contributed by atoms with E-state index in [4.69, 9.17) is 4.74 Å². The molecule has 4 nitrogen and oxygen atoms in total. The van der Waals surface area contributed by atoms with Crippen LogP contribution in [-0.2, 0) is 17.6 Å². The number of amides is 1. The summed E-state index contributed by atoms with van der Waals surface area (Å²) < 4.78 is 5.31. The lowest BCUT2D eigenvalue weighted by atomic mass is 9.69. The minimum absolute atomic E-state index is 0.199. The fourth-order valence-electron chi connectivity index (χ4n) is 3.81. The molecule has 5 heteroatoms. The van der Waals surface area contributed by atoms with E-state index in [0.717, 1.165) is 31.2 Å². The van der Waals surface area contributed by atoms with E-state index >= 15 is 0 Å². The number of hydrogen-bond acceptors (Lipinski definition) is 4. The number of thiophene rings is 1. The highest BCUT2D eigenvalue weighted by Crippen LogP contribution is 2.45. The third kappa shape index (κ3) is 4.14. The lowest BCUT2D eigenvalue weighted by molar-refractivity contribution is 0.0526. The lowest BCUT2D eigenvalue weighted by Crippen LogP contribution is -2.28. The molecule has 1 aliphatic rings. The minimum atomic E-state index is -0.337. The highest BCUT2D eigenvalue weighted by atomic mass is 32.1. The molecule has 0 radical (unpaired) electrons. The quantitative estimate of drug-likeness (QED) is 0.632. The number of ether oxygens (including phenoxy) is 1. The molecule has 3 rings (SSSR count). The Balaban J connectivity index is 1.94. The normalized spacial score (nSPS) is 16.4. The first kappa shape index (κ1) is 20.6. The van der Waals surface area contributed by atoms with Crippen LogP contribution in [0.4, 0.5) is 5.00 Å². The van der Waals surface area contributed by atoms with Crippen molar-refractivity contribution in [2.45, 2.75) is 53.4 Å². The van der Waals surface area contributed by atoms with E-state index in [1.165, 1.54) is 16.2 Å².